The molecule has 0 bridgehead atoms. The lowest BCUT2D eigenvalue weighted by atomic mass is 9.99. The molecule has 0 saturated carbocycles. The van der Waals surface area contributed by atoms with Crippen LogP contribution in [0.1, 0.15) is 40.7 Å². The van der Waals surface area contributed by atoms with Crippen LogP contribution in [0.2, 0.25) is 0 Å². The second kappa shape index (κ2) is 13.5. The molecule has 4 aromatic carbocycles. The Bertz CT molecular complexity index is 1510. The Hall–Kier alpha value is -4.89. The van der Waals surface area contributed by atoms with Crippen LogP contribution in [0.25, 0.3) is 0 Å². The number of carbonyl (C=O) groups excluding carboxylic acids is 2. The molecule has 0 fully saturated rings. The number of anilines is 2. The summed E-state index contributed by atoms with van der Waals surface area (Å²) in [6.07, 6.45) is 2.84. The maximum Gasteiger partial charge on any atom is 0.239 e. The maximum atomic E-state index is 13.3. The summed E-state index contributed by atoms with van der Waals surface area (Å²) in [5, 5.41) is 12.1. The Kier molecular flexibility index (Phi) is 9.08. The van der Waals surface area contributed by atoms with Crippen molar-refractivity contribution in [1.82, 2.24) is 5.32 Å². The van der Waals surface area contributed by atoms with E-state index in [9.17, 15) is 9.59 Å². The van der Waals surface area contributed by atoms with E-state index < -0.39 is 0 Å². The van der Waals surface area contributed by atoms with Gasteiger partial charge in [-0.15, -0.1) is 0 Å². The second-order valence-electron chi connectivity index (χ2n) is 10.4. The molecule has 6 nitrogen and oxygen atoms in total. The van der Waals surface area contributed by atoms with E-state index >= 15 is 0 Å². The Balaban J connectivity index is 1.29. The van der Waals surface area contributed by atoms with Gasteiger partial charge in [-0.25, -0.2) is 0 Å². The molecule has 1 heterocycles. The first-order valence-corrected chi connectivity index (χ1v) is 14.1. The quantitative estimate of drug-likeness (QED) is 0.275. The molecule has 4 aromatic rings. The van der Waals surface area contributed by atoms with Gasteiger partial charge < -0.3 is 15.1 Å². The van der Waals surface area contributed by atoms with Crippen LogP contribution in [0.3, 0.4) is 0 Å². The fourth-order valence-corrected chi connectivity index (χ4v) is 5.24. The van der Waals surface area contributed by atoms with Gasteiger partial charge in [0, 0.05) is 37.4 Å². The summed E-state index contributed by atoms with van der Waals surface area (Å²) in [7, 11) is 0. The first kappa shape index (κ1) is 27.7. The van der Waals surface area contributed by atoms with E-state index in [4.69, 9.17) is 5.26 Å². The maximum absolute atomic E-state index is 13.3. The van der Waals surface area contributed by atoms with Crippen LogP contribution in [0.5, 0.6) is 0 Å². The van der Waals surface area contributed by atoms with Crippen molar-refractivity contribution in [2.75, 3.05) is 22.9 Å². The molecule has 0 radical (unpaired) electrons. The largest absolute Gasteiger partial charge is 0.358 e. The molecule has 0 aromatic heterocycles. The zero-order valence-electron chi connectivity index (χ0n) is 23.1. The Labute approximate surface area is 241 Å². The minimum absolute atomic E-state index is 0.0397. The van der Waals surface area contributed by atoms with Crippen molar-refractivity contribution in [3.05, 3.63) is 131 Å². The lowest BCUT2D eigenvalue weighted by Crippen LogP contribution is -2.37. The number of carbonyl (C=O) groups is 2. The number of hydrogen-bond acceptors (Lipinski definition) is 4. The van der Waals surface area contributed by atoms with E-state index in [1.165, 1.54) is 0 Å². The molecule has 6 heteroatoms. The van der Waals surface area contributed by atoms with Crippen LogP contribution in [-0.2, 0) is 35.5 Å². The van der Waals surface area contributed by atoms with E-state index in [0.29, 0.717) is 38.0 Å². The number of nitrogens with zero attached hydrogens (tertiary/aromatic N) is 3. The van der Waals surface area contributed by atoms with Gasteiger partial charge in [0.1, 0.15) is 0 Å². The van der Waals surface area contributed by atoms with Gasteiger partial charge in [0.2, 0.25) is 11.8 Å². The molecule has 206 valence electrons. The Morgan fingerprint density at radius 2 is 1.56 bits per heavy atom. The van der Waals surface area contributed by atoms with Crippen molar-refractivity contribution < 1.29 is 9.59 Å². The molecule has 0 saturated heterocycles. The molecular weight excluding hydrogens is 508 g/mol. The average Bonchev–Trinajstić information content (AvgIpc) is 3.03. The van der Waals surface area contributed by atoms with Crippen LogP contribution in [0.4, 0.5) is 11.4 Å². The second-order valence-corrected chi connectivity index (χ2v) is 10.4. The smallest absolute Gasteiger partial charge is 0.239 e. The third-order valence-electron chi connectivity index (χ3n) is 7.44. The summed E-state index contributed by atoms with van der Waals surface area (Å²) in [5.41, 5.74) is 6.91. The molecule has 2 amide bonds. The SMILES string of the molecule is N#Cc1ccc(CCC(=O)N2CCCc3cc(N(CC(=O)NCc4ccccc4)Cc4ccccc4)ccc32)cc1. The van der Waals surface area contributed by atoms with Gasteiger partial charge in [-0.1, -0.05) is 72.8 Å². The van der Waals surface area contributed by atoms with Crippen LogP contribution >= 0.6 is 0 Å². The number of hydrogen-bond donors (Lipinski definition) is 1. The molecule has 0 spiro atoms. The molecule has 5 rings (SSSR count). The monoisotopic (exact) mass is 542 g/mol. The predicted molar refractivity (Wildman–Crippen MR) is 162 cm³/mol. The van der Waals surface area contributed by atoms with Gasteiger partial charge >= 0.3 is 0 Å². The molecule has 1 aliphatic heterocycles. The van der Waals surface area contributed by atoms with Crippen LogP contribution < -0.4 is 15.1 Å². The number of aryl methyl sites for hydroxylation is 2. The average molecular weight is 543 g/mol. The van der Waals surface area contributed by atoms with E-state index in [0.717, 1.165) is 46.5 Å². The number of nitriles is 1. The highest BCUT2D eigenvalue weighted by molar-refractivity contribution is 5.95. The van der Waals surface area contributed by atoms with Crippen LogP contribution in [0.15, 0.2) is 103 Å². The first-order valence-electron chi connectivity index (χ1n) is 14.1. The molecule has 1 N–H and O–H groups in total. The van der Waals surface area contributed by atoms with E-state index in [1.807, 2.05) is 77.7 Å². The number of rotatable bonds is 10. The fourth-order valence-electron chi connectivity index (χ4n) is 5.24. The van der Waals surface area contributed by atoms with Gasteiger partial charge in [0.25, 0.3) is 0 Å². The number of fused-ring (bicyclic) bond motifs is 1. The Morgan fingerprint density at radius 1 is 0.854 bits per heavy atom. The highest BCUT2D eigenvalue weighted by Crippen LogP contribution is 2.32. The molecule has 0 aliphatic carbocycles. The van der Waals surface area contributed by atoms with Crippen molar-refractivity contribution in [1.29, 1.82) is 5.26 Å². The third kappa shape index (κ3) is 7.40. The summed E-state index contributed by atoms with van der Waals surface area (Å²) in [6.45, 7) is 2.02. The zero-order valence-corrected chi connectivity index (χ0v) is 23.1. The third-order valence-corrected chi connectivity index (χ3v) is 7.44. The molecule has 41 heavy (non-hydrogen) atoms. The predicted octanol–water partition coefficient (Wildman–Crippen LogP) is 5.79. The normalized spacial score (nSPS) is 12.2. The number of amides is 2. The van der Waals surface area contributed by atoms with Crippen molar-refractivity contribution in [2.24, 2.45) is 0 Å². The molecule has 0 atom stereocenters. The van der Waals surface area contributed by atoms with Crippen LogP contribution in [-0.4, -0.2) is 24.9 Å². The molecule has 1 aliphatic rings. The summed E-state index contributed by atoms with van der Waals surface area (Å²) < 4.78 is 0. The minimum atomic E-state index is -0.0397. The summed E-state index contributed by atoms with van der Waals surface area (Å²) in [5.74, 6) is 0.0617. The van der Waals surface area contributed by atoms with Gasteiger partial charge in [-0.3, -0.25) is 9.59 Å². The fraction of sp³-hybridized carbons (Fsp3) is 0.229. The highest BCUT2D eigenvalue weighted by atomic mass is 16.2. The van der Waals surface area contributed by atoms with Crippen molar-refractivity contribution >= 4 is 23.2 Å². The van der Waals surface area contributed by atoms with Crippen molar-refractivity contribution in [2.45, 2.75) is 38.8 Å². The Morgan fingerprint density at radius 3 is 2.27 bits per heavy atom. The highest BCUT2D eigenvalue weighted by Gasteiger charge is 2.24. The van der Waals surface area contributed by atoms with Gasteiger partial charge in [0.15, 0.2) is 0 Å². The van der Waals surface area contributed by atoms with Crippen molar-refractivity contribution in [3.8, 4) is 6.07 Å². The topological polar surface area (TPSA) is 76.4 Å². The molecular formula is C35H34N4O2. The minimum Gasteiger partial charge on any atom is -0.358 e. The van der Waals surface area contributed by atoms with Crippen LogP contribution in [0, 0.1) is 11.3 Å². The zero-order chi connectivity index (χ0) is 28.4. The van der Waals surface area contributed by atoms with E-state index in [2.05, 4.69) is 34.5 Å². The molecule has 0 unspecified atom stereocenters. The summed E-state index contributed by atoms with van der Waals surface area (Å²) >= 11 is 0. The lowest BCUT2D eigenvalue weighted by Gasteiger charge is -2.32. The van der Waals surface area contributed by atoms with E-state index in [1.54, 1.807) is 12.1 Å². The van der Waals surface area contributed by atoms with Gasteiger partial charge in [0.05, 0.1) is 18.2 Å². The van der Waals surface area contributed by atoms with Gasteiger partial charge in [-0.05, 0) is 71.8 Å². The van der Waals surface area contributed by atoms with E-state index in [-0.39, 0.29) is 18.4 Å². The number of benzene rings is 4. The summed E-state index contributed by atoms with van der Waals surface area (Å²) in [6, 6.07) is 35.8. The van der Waals surface area contributed by atoms with Crippen molar-refractivity contribution in [3.63, 3.8) is 0 Å². The standard InChI is InChI=1S/C35H34N4O2/c36-23-28-15-13-27(14-16-28)17-20-35(41)39-21-7-12-31-22-32(18-19-33(31)39)38(25-30-10-5-2-6-11-30)26-34(40)37-24-29-8-3-1-4-9-29/h1-6,8-11,13-16,18-19,22H,7,12,17,20-21,24-26H2,(H,37,40). The summed E-state index contributed by atoms with van der Waals surface area (Å²) in [4.78, 5) is 30.3. The van der Waals surface area contributed by atoms with Gasteiger partial charge in [-0.2, -0.15) is 5.26 Å². The lowest BCUT2D eigenvalue weighted by molar-refractivity contribution is -0.120. The first-order chi connectivity index (χ1) is 20.1. The number of nitrogens with one attached hydrogen (secondary N) is 1.